The van der Waals surface area contributed by atoms with Gasteiger partial charge in [-0.2, -0.15) is 0 Å². The molecule has 0 aliphatic rings. The van der Waals surface area contributed by atoms with Gasteiger partial charge in [0.2, 0.25) is 0 Å². The Hall–Kier alpha value is -1.93. The van der Waals surface area contributed by atoms with E-state index in [1.165, 1.54) is 5.39 Å². The number of aromatic nitrogens is 1. The highest BCUT2D eigenvalue weighted by atomic mass is 32.1. The molecule has 0 saturated heterocycles. The summed E-state index contributed by atoms with van der Waals surface area (Å²) in [5.41, 5.74) is 4.41. The Balaban J connectivity index is 2.85. The summed E-state index contributed by atoms with van der Waals surface area (Å²) in [6, 6.07) is 8.30. The average molecular weight is 267 g/mol. The third-order valence-corrected chi connectivity index (χ3v) is 3.37. The molecule has 2 aromatic rings. The third-order valence-electron chi connectivity index (χ3n) is 3.15. The molecule has 0 bridgehead atoms. The van der Waals surface area contributed by atoms with E-state index in [9.17, 15) is 0 Å². The molecule has 0 aliphatic carbocycles. The number of nitrogens with zero attached hydrogens (tertiary/aromatic N) is 1. The molecule has 0 radical (unpaired) electrons. The normalized spacial score (nSPS) is 12.2. The van der Waals surface area contributed by atoms with Crippen LogP contribution in [0.15, 0.2) is 49.1 Å². The number of allylic oxidation sites excluding steroid dienone is 4. The quantitative estimate of drug-likeness (QED) is 0.553. The summed E-state index contributed by atoms with van der Waals surface area (Å²) in [4.78, 5) is 0. The van der Waals surface area contributed by atoms with E-state index in [0.29, 0.717) is 0 Å². The number of hydrogen-bond acceptors (Lipinski definition) is 1. The first-order chi connectivity index (χ1) is 9.24. The SMILES string of the molecule is C=Cc1c(C=S)n(/C(C)=C/C=C\C)c2ccccc12. The molecule has 1 nitrogen and oxygen atoms in total. The van der Waals surface area contributed by atoms with E-state index in [1.54, 1.807) is 5.37 Å². The van der Waals surface area contributed by atoms with Crippen molar-refractivity contribution in [2.75, 3.05) is 0 Å². The van der Waals surface area contributed by atoms with E-state index < -0.39 is 0 Å². The lowest BCUT2D eigenvalue weighted by molar-refractivity contribution is 1.13. The van der Waals surface area contributed by atoms with Gasteiger partial charge in [-0.05, 0) is 26.0 Å². The zero-order valence-corrected chi connectivity index (χ0v) is 12.1. The number of rotatable bonds is 4. The fraction of sp³-hybridized carbons (Fsp3) is 0.118. The van der Waals surface area contributed by atoms with E-state index in [2.05, 4.69) is 36.3 Å². The molecule has 0 aliphatic heterocycles. The van der Waals surface area contributed by atoms with Crippen LogP contribution in [0.1, 0.15) is 25.1 Å². The Morgan fingerprint density at radius 2 is 2.05 bits per heavy atom. The summed E-state index contributed by atoms with van der Waals surface area (Å²) in [6.45, 7) is 8.00. The summed E-state index contributed by atoms with van der Waals surface area (Å²) in [5, 5.41) is 2.91. The molecule has 0 fully saturated rings. The van der Waals surface area contributed by atoms with Crippen molar-refractivity contribution >= 4 is 40.3 Å². The van der Waals surface area contributed by atoms with Gasteiger partial charge in [0.25, 0.3) is 0 Å². The molecule has 2 rings (SSSR count). The Labute approximate surface area is 119 Å². The first-order valence-corrected chi connectivity index (χ1v) is 6.72. The number of hydrogen-bond donors (Lipinski definition) is 0. The molecule has 19 heavy (non-hydrogen) atoms. The van der Waals surface area contributed by atoms with E-state index in [1.807, 2.05) is 37.3 Å². The smallest absolute Gasteiger partial charge is 0.0644 e. The van der Waals surface area contributed by atoms with Gasteiger partial charge in [0, 0.05) is 22.0 Å². The van der Waals surface area contributed by atoms with Crippen molar-refractivity contribution in [3.8, 4) is 0 Å². The fourth-order valence-corrected chi connectivity index (χ4v) is 2.54. The second-order valence-corrected chi connectivity index (χ2v) is 4.54. The zero-order chi connectivity index (χ0) is 13.8. The first-order valence-electron chi connectivity index (χ1n) is 6.25. The van der Waals surface area contributed by atoms with E-state index >= 15 is 0 Å². The van der Waals surface area contributed by atoms with E-state index in [-0.39, 0.29) is 0 Å². The molecule has 1 aromatic carbocycles. The second kappa shape index (κ2) is 5.81. The standard InChI is InChI=1S/C17H17NS/c1-4-6-9-13(3)18-16-11-8-7-10-15(16)14(5-2)17(18)12-19/h4-12H,2H2,1,3H3/b6-4-,13-9+. The summed E-state index contributed by atoms with van der Waals surface area (Å²) < 4.78 is 2.18. The molecule has 0 atom stereocenters. The van der Waals surface area contributed by atoms with Crippen LogP contribution in [-0.4, -0.2) is 9.93 Å². The van der Waals surface area contributed by atoms with Crippen LogP contribution in [0.2, 0.25) is 0 Å². The van der Waals surface area contributed by atoms with Crippen molar-refractivity contribution < 1.29 is 0 Å². The molecule has 0 unspecified atom stereocenters. The maximum atomic E-state index is 5.19. The van der Waals surface area contributed by atoms with Gasteiger partial charge in [-0.1, -0.05) is 55.2 Å². The van der Waals surface area contributed by atoms with Crippen molar-refractivity contribution in [1.29, 1.82) is 0 Å². The van der Waals surface area contributed by atoms with Gasteiger partial charge in [-0.3, -0.25) is 0 Å². The van der Waals surface area contributed by atoms with Crippen LogP contribution in [0.4, 0.5) is 0 Å². The van der Waals surface area contributed by atoms with Crippen LogP contribution in [0.3, 0.4) is 0 Å². The van der Waals surface area contributed by atoms with Crippen LogP contribution in [0.25, 0.3) is 22.7 Å². The van der Waals surface area contributed by atoms with Crippen LogP contribution in [0.5, 0.6) is 0 Å². The molecule has 1 aromatic heterocycles. The lowest BCUT2D eigenvalue weighted by atomic mass is 10.1. The molecule has 0 amide bonds. The fourth-order valence-electron chi connectivity index (χ4n) is 2.31. The van der Waals surface area contributed by atoms with E-state index in [4.69, 9.17) is 12.2 Å². The summed E-state index contributed by atoms with van der Waals surface area (Å²) >= 11 is 5.19. The minimum atomic E-state index is 1.02. The van der Waals surface area contributed by atoms with Crippen LogP contribution in [-0.2, 0) is 0 Å². The summed E-state index contributed by atoms with van der Waals surface area (Å²) in [5.74, 6) is 0. The van der Waals surface area contributed by atoms with Gasteiger partial charge in [0.05, 0.1) is 11.2 Å². The monoisotopic (exact) mass is 267 g/mol. The molecular formula is C17H17NS. The Morgan fingerprint density at radius 1 is 1.32 bits per heavy atom. The highest BCUT2D eigenvalue weighted by Gasteiger charge is 2.13. The van der Waals surface area contributed by atoms with Gasteiger partial charge in [0.15, 0.2) is 0 Å². The maximum absolute atomic E-state index is 5.19. The van der Waals surface area contributed by atoms with E-state index in [0.717, 1.165) is 22.5 Å². The van der Waals surface area contributed by atoms with Crippen LogP contribution < -0.4 is 0 Å². The molecule has 1 heterocycles. The molecule has 0 spiro atoms. The van der Waals surface area contributed by atoms with Gasteiger partial charge in [-0.25, -0.2) is 0 Å². The van der Waals surface area contributed by atoms with Gasteiger partial charge in [0.1, 0.15) is 0 Å². The highest BCUT2D eigenvalue weighted by Crippen LogP contribution is 2.29. The maximum Gasteiger partial charge on any atom is 0.0644 e. The van der Waals surface area contributed by atoms with Crippen molar-refractivity contribution in [1.82, 2.24) is 4.57 Å². The highest BCUT2D eigenvalue weighted by molar-refractivity contribution is 7.79. The van der Waals surface area contributed by atoms with Crippen molar-refractivity contribution in [3.05, 3.63) is 60.3 Å². The number of fused-ring (bicyclic) bond motifs is 1. The predicted molar refractivity (Wildman–Crippen MR) is 89.5 cm³/mol. The van der Waals surface area contributed by atoms with Crippen molar-refractivity contribution in [2.45, 2.75) is 13.8 Å². The van der Waals surface area contributed by atoms with Gasteiger partial charge >= 0.3 is 0 Å². The Bertz CT molecular complexity index is 687. The topological polar surface area (TPSA) is 4.93 Å². The summed E-state index contributed by atoms with van der Waals surface area (Å²) in [7, 11) is 0. The second-order valence-electron chi connectivity index (χ2n) is 4.31. The number of para-hydroxylation sites is 1. The molecule has 0 saturated carbocycles. The van der Waals surface area contributed by atoms with Crippen LogP contribution >= 0.6 is 12.2 Å². The molecular weight excluding hydrogens is 250 g/mol. The number of thiocarbonyl (C=S) groups is 1. The van der Waals surface area contributed by atoms with Crippen LogP contribution in [0, 0.1) is 0 Å². The van der Waals surface area contributed by atoms with Gasteiger partial charge in [-0.15, -0.1) is 0 Å². The first kappa shape index (κ1) is 13.5. The largest absolute Gasteiger partial charge is 0.312 e. The summed E-state index contributed by atoms with van der Waals surface area (Å²) in [6.07, 6.45) is 8.01. The Kier molecular flexibility index (Phi) is 4.13. The molecule has 96 valence electrons. The van der Waals surface area contributed by atoms with Crippen molar-refractivity contribution in [3.63, 3.8) is 0 Å². The lowest BCUT2D eigenvalue weighted by Gasteiger charge is -2.08. The minimum Gasteiger partial charge on any atom is -0.312 e. The average Bonchev–Trinajstić information content (AvgIpc) is 2.78. The third kappa shape index (κ3) is 2.32. The minimum absolute atomic E-state index is 1.02. The predicted octanol–water partition coefficient (Wildman–Crippen LogP) is 5.07. The zero-order valence-electron chi connectivity index (χ0n) is 11.3. The number of benzene rings is 1. The lowest BCUT2D eigenvalue weighted by Crippen LogP contribution is -1.99. The Morgan fingerprint density at radius 3 is 2.68 bits per heavy atom. The molecule has 2 heteroatoms. The van der Waals surface area contributed by atoms with Gasteiger partial charge < -0.3 is 4.57 Å². The molecule has 0 N–H and O–H groups in total. The van der Waals surface area contributed by atoms with Crippen molar-refractivity contribution in [2.24, 2.45) is 0 Å².